The Labute approximate surface area is 155 Å². The third-order valence-corrected chi connectivity index (χ3v) is 6.55. The van der Waals surface area contributed by atoms with Crippen molar-refractivity contribution in [2.45, 2.75) is 50.9 Å². The molecule has 0 amide bonds. The van der Waals surface area contributed by atoms with Crippen LogP contribution in [0.4, 0.5) is 0 Å². The van der Waals surface area contributed by atoms with E-state index in [1.807, 2.05) is 6.92 Å². The molecule has 7 nitrogen and oxygen atoms in total. The summed E-state index contributed by atoms with van der Waals surface area (Å²) in [5, 5.41) is 6.67. The lowest BCUT2D eigenvalue weighted by atomic mass is 9.96. The van der Waals surface area contributed by atoms with Crippen molar-refractivity contribution in [1.29, 1.82) is 0 Å². The van der Waals surface area contributed by atoms with E-state index < -0.39 is 10.0 Å². The van der Waals surface area contributed by atoms with Crippen LogP contribution < -0.4 is 10.6 Å². The molecule has 23 heavy (non-hydrogen) atoms. The van der Waals surface area contributed by atoms with Crippen molar-refractivity contribution < 1.29 is 13.2 Å². The van der Waals surface area contributed by atoms with Gasteiger partial charge in [0.25, 0.3) is 0 Å². The van der Waals surface area contributed by atoms with E-state index >= 15 is 0 Å². The Balaban J connectivity index is 0.00000192. The van der Waals surface area contributed by atoms with Crippen LogP contribution in [0.15, 0.2) is 4.99 Å². The van der Waals surface area contributed by atoms with Gasteiger partial charge < -0.3 is 15.4 Å². The quantitative estimate of drug-likeness (QED) is 0.357. The van der Waals surface area contributed by atoms with Crippen LogP contribution in [0.5, 0.6) is 0 Å². The van der Waals surface area contributed by atoms with Gasteiger partial charge in [-0.25, -0.2) is 12.7 Å². The van der Waals surface area contributed by atoms with E-state index in [1.165, 1.54) is 6.42 Å². The Morgan fingerprint density at radius 3 is 2.78 bits per heavy atom. The third kappa shape index (κ3) is 4.70. The lowest BCUT2D eigenvalue weighted by Crippen LogP contribution is -2.47. The smallest absolute Gasteiger partial charge is 0.214 e. The second kappa shape index (κ2) is 8.30. The molecule has 3 fully saturated rings. The molecule has 9 heteroatoms. The molecule has 0 aromatic heterocycles. The summed E-state index contributed by atoms with van der Waals surface area (Å²) in [5.41, 5.74) is 0. The number of rotatable bonds is 5. The summed E-state index contributed by atoms with van der Waals surface area (Å²) in [6.07, 6.45) is 4.76. The molecule has 3 aliphatic rings. The number of nitrogens with zero attached hydrogens (tertiary/aromatic N) is 2. The topological polar surface area (TPSA) is 83.0 Å². The summed E-state index contributed by atoms with van der Waals surface area (Å²) < 4.78 is 30.9. The number of fused-ring (bicyclic) bond motifs is 2. The van der Waals surface area contributed by atoms with E-state index in [0.717, 1.165) is 31.8 Å². The fourth-order valence-electron chi connectivity index (χ4n) is 3.50. The van der Waals surface area contributed by atoms with Gasteiger partial charge in [-0.2, -0.15) is 0 Å². The highest BCUT2D eigenvalue weighted by molar-refractivity contribution is 14.0. The number of nitrogens with one attached hydrogen (secondary N) is 2. The normalized spacial score (nSPS) is 32.7. The van der Waals surface area contributed by atoms with Crippen molar-refractivity contribution in [2.75, 3.05) is 31.9 Å². The van der Waals surface area contributed by atoms with Crippen LogP contribution >= 0.6 is 24.0 Å². The summed E-state index contributed by atoms with van der Waals surface area (Å²) in [4.78, 5) is 4.52. The number of ether oxygens (including phenoxy) is 1. The zero-order valence-corrected chi connectivity index (χ0v) is 16.7. The summed E-state index contributed by atoms with van der Waals surface area (Å²) in [7, 11) is -3.02. The van der Waals surface area contributed by atoms with Crippen LogP contribution in [-0.2, 0) is 14.8 Å². The van der Waals surface area contributed by atoms with Gasteiger partial charge in [0.1, 0.15) is 0 Å². The van der Waals surface area contributed by atoms with Gasteiger partial charge in [-0.05, 0) is 32.6 Å². The van der Waals surface area contributed by atoms with E-state index in [1.54, 1.807) is 4.31 Å². The number of guanidine groups is 1. The monoisotopic (exact) mass is 458 g/mol. The van der Waals surface area contributed by atoms with E-state index in [0.29, 0.717) is 37.9 Å². The van der Waals surface area contributed by atoms with Crippen molar-refractivity contribution in [3.05, 3.63) is 0 Å². The predicted octanol–water partition coefficient (Wildman–Crippen LogP) is 0.515. The number of hydrogen-bond acceptors (Lipinski definition) is 4. The SMILES string of the molecule is CCNC(=NCCN1CCCS1(=O)=O)NC1CC2CCC1O2.I. The average molecular weight is 458 g/mol. The summed E-state index contributed by atoms with van der Waals surface area (Å²) in [5.74, 6) is 1.04. The standard InChI is InChI=1S/C14H26N4O3S.HI/c1-2-15-14(17-12-10-11-4-5-13(12)21-11)16-6-8-18-7-3-9-22(18,19)20;/h11-13H,2-10H2,1H3,(H2,15,16,17);1H. The van der Waals surface area contributed by atoms with Gasteiger partial charge in [0, 0.05) is 19.6 Å². The van der Waals surface area contributed by atoms with E-state index in [2.05, 4.69) is 15.6 Å². The molecule has 2 bridgehead atoms. The van der Waals surface area contributed by atoms with E-state index in [4.69, 9.17) is 4.74 Å². The molecule has 0 radical (unpaired) electrons. The number of sulfonamides is 1. The van der Waals surface area contributed by atoms with E-state index in [9.17, 15) is 8.42 Å². The molecule has 3 heterocycles. The fraction of sp³-hybridized carbons (Fsp3) is 0.929. The first-order valence-electron chi connectivity index (χ1n) is 8.26. The van der Waals surface area contributed by atoms with Gasteiger partial charge in [-0.15, -0.1) is 24.0 Å². The van der Waals surface area contributed by atoms with Gasteiger partial charge in [0.05, 0.1) is 30.5 Å². The molecule has 0 saturated carbocycles. The van der Waals surface area contributed by atoms with Crippen LogP contribution in [0.3, 0.4) is 0 Å². The Bertz CT molecular complexity index is 528. The van der Waals surface area contributed by atoms with E-state index in [-0.39, 0.29) is 29.7 Å². The van der Waals surface area contributed by atoms with Crippen LogP contribution in [0.2, 0.25) is 0 Å². The van der Waals surface area contributed by atoms with Gasteiger partial charge in [-0.1, -0.05) is 0 Å². The molecule has 3 saturated heterocycles. The highest BCUT2D eigenvalue weighted by Crippen LogP contribution is 2.34. The molecule has 0 aromatic rings. The molecule has 3 aliphatic heterocycles. The van der Waals surface area contributed by atoms with Gasteiger partial charge in [0.15, 0.2) is 5.96 Å². The molecule has 3 unspecified atom stereocenters. The molecule has 0 spiro atoms. The van der Waals surface area contributed by atoms with Gasteiger partial charge in [0.2, 0.25) is 10.0 Å². The predicted molar refractivity (Wildman–Crippen MR) is 101 cm³/mol. The summed E-state index contributed by atoms with van der Waals surface area (Å²) >= 11 is 0. The minimum absolute atomic E-state index is 0. The molecule has 3 rings (SSSR count). The Morgan fingerprint density at radius 2 is 2.22 bits per heavy atom. The minimum Gasteiger partial charge on any atom is -0.373 e. The van der Waals surface area contributed by atoms with Gasteiger partial charge >= 0.3 is 0 Å². The number of aliphatic imine (C=N–C) groups is 1. The number of halogens is 1. The van der Waals surface area contributed by atoms with Crippen LogP contribution in [0, 0.1) is 0 Å². The van der Waals surface area contributed by atoms with Crippen molar-refractivity contribution in [3.8, 4) is 0 Å². The maximum absolute atomic E-state index is 11.8. The highest BCUT2D eigenvalue weighted by Gasteiger charge is 2.41. The van der Waals surface area contributed by atoms with Crippen LogP contribution in [0.1, 0.15) is 32.6 Å². The zero-order valence-electron chi connectivity index (χ0n) is 13.5. The zero-order chi connectivity index (χ0) is 15.6. The maximum Gasteiger partial charge on any atom is 0.214 e. The first kappa shape index (κ1) is 19.2. The first-order valence-corrected chi connectivity index (χ1v) is 9.87. The summed E-state index contributed by atoms with van der Waals surface area (Å²) in [6, 6.07) is 0.326. The first-order chi connectivity index (χ1) is 10.6. The molecule has 3 atom stereocenters. The Morgan fingerprint density at radius 1 is 1.39 bits per heavy atom. The average Bonchev–Trinajstić information content (AvgIpc) is 3.15. The number of hydrogen-bond donors (Lipinski definition) is 2. The fourth-order valence-corrected chi connectivity index (χ4v) is 5.02. The summed E-state index contributed by atoms with van der Waals surface area (Å²) in [6.45, 7) is 4.39. The molecular formula is C14H27IN4O3S. The second-order valence-electron chi connectivity index (χ2n) is 6.19. The minimum atomic E-state index is -3.02. The van der Waals surface area contributed by atoms with Crippen LogP contribution in [-0.4, -0.2) is 68.9 Å². The van der Waals surface area contributed by atoms with Crippen molar-refractivity contribution in [3.63, 3.8) is 0 Å². The van der Waals surface area contributed by atoms with Gasteiger partial charge in [-0.3, -0.25) is 4.99 Å². The molecule has 0 aromatic carbocycles. The third-order valence-electron chi connectivity index (χ3n) is 4.59. The van der Waals surface area contributed by atoms with Crippen molar-refractivity contribution >= 4 is 40.0 Å². The lowest BCUT2D eigenvalue weighted by molar-refractivity contribution is 0.0992. The van der Waals surface area contributed by atoms with Crippen LogP contribution in [0.25, 0.3) is 0 Å². The second-order valence-corrected chi connectivity index (χ2v) is 8.28. The maximum atomic E-state index is 11.8. The van der Waals surface area contributed by atoms with Crippen molar-refractivity contribution in [1.82, 2.24) is 14.9 Å². The molecule has 2 N–H and O–H groups in total. The lowest BCUT2D eigenvalue weighted by Gasteiger charge is -2.23. The molecule has 134 valence electrons. The largest absolute Gasteiger partial charge is 0.373 e. The Kier molecular flexibility index (Phi) is 6.93. The Hall–Kier alpha value is -0.130. The highest BCUT2D eigenvalue weighted by atomic mass is 127. The van der Waals surface area contributed by atoms with Crippen molar-refractivity contribution in [2.24, 2.45) is 4.99 Å². The molecular weight excluding hydrogens is 431 g/mol. The molecule has 0 aliphatic carbocycles.